The van der Waals surface area contributed by atoms with E-state index in [9.17, 15) is 63.3 Å². The molecule has 0 radical (unpaired) electrons. The molecule has 0 bridgehead atoms. The van der Waals surface area contributed by atoms with E-state index in [-0.39, 0.29) is 70.6 Å². The molecule has 0 aliphatic carbocycles. The average molecular weight is 1230 g/mol. The zero-order valence-electron chi connectivity index (χ0n) is 51.0. The van der Waals surface area contributed by atoms with Gasteiger partial charge < -0.3 is 90.2 Å². The third kappa shape index (κ3) is 34.4. The Balaban J connectivity index is 3.27. The van der Waals surface area contributed by atoms with Crippen molar-refractivity contribution in [2.75, 3.05) is 32.9 Å². The number of aliphatic hydroxyl groups is 4. The number of aliphatic carboxylic acids is 1. The highest BCUT2D eigenvalue weighted by Gasteiger charge is 2.36. The summed E-state index contributed by atoms with van der Waals surface area (Å²) in [5.41, 5.74) is 11.4. The summed E-state index contributed by atoms with van der Waals surface area (Å²) in [6.07, 6.45) is 11.1. The van der Waals surface area contributed by atoms with E-state index in [1.54, 1.807) is 44.2 Å². The average Bonchev–Trinajstić information content (AvgIpc) is 2.87. The standard InChI is InChI=1S/C58H100N14O15/c1-36(2)48(72-56(87)49(38(4)77)71-46(78)27-19-14-12-10-8-6-5-7-9-11-13-15-20-32-73)55(86)68-43(33-39-23-17-16-18-24-39)52(83)66-42(26-22-31-64-58(61)62)51(82)69-45(35-75)54(85)70-44(34-74)53(84)67-41(25-21-30-63-57(59)60)50(81)65-40(37(3)76)28-29-47(79)80/h16-18,23-24,36,38,40-45,48-49,73-75,77H,5-15,19-22,25-35H2,1-4H3,(H,65,81)(H,66,83)(H,67,84)(H,68,86)(H,69,82)(H,70,85)(H,71,78)(H,72,87)(H,79,80)(H4,59,60,63)(H4,61,62,64)/t38-,40+,41+,42+,43+,44+,45+,48+,49+/m1/s1. The monoisotopic (exact) mass is 1230 g/mol. The molecule has 0 aliphatic heterocycles. The SMILES string of the molecule is CC(=O)[C@H](CCC(=O)O)NC(=O)[C@H](CCCNC(=N)N)NC(=O)[C@H](CO)NC(=O)[C@H](CO)NC(=O)[C@H](CCCNC(=N)N)NC(=O)[C@H](Cc1ccccc1)NC(=O)[C@@H](NC(=O)[C@@H](NC(=O)CCCCCCCCCCCCCCCO)[C@@H](C)O)C(C)C. The molecule has 492 valence electrons. The molecule has 87 heavy (non-hydrogen) atoms. The van der Waals surface area contributed by atoms with Crippen LogP contribution in [0.2, 0.25) is 0 Å². The number of ketones is 1. The maximum atomic E-state index is 14.4. The third-order valence-corrected chi connectivity index (χ3v) is 14.1. The summed E-state index contributed by atoms with van der Waals surface area (Å²) >= 11 is 0. The molecule has 29 heteroatoms. The summed E-state index contributed by atoms with van der Waals surface area (Å²) in [5, 5.41) is 89.1. The molecular weight excluding hydrogens is 1130 g/mol. The number of nitrogens with one attached hydrogen (secondary N) is 12. The summed E-state index contributed by atoms with van der Waals surface area (Å²) < 4.78 is 0. The Morgan fingerprint density at radius 3 is 1.25 bits per heavy atom. The second kappa shape index (κ2) is 44.9. The molecule has 0 saturated heterocycles. The molecule has 9 atom stereocenters. The van der Waals surface area contributed by atoms with Crippen LogP contribution in [0.1, 0.15) is 162 Å². The lowest BCUT2D eigenvalue weighted by molar-refractivity contribution is -0.138. The van der Waals surface area contributed by atoms with Gasteiger partial charge in [-0.05, 0) is 70.3 Å². The molecule has 0 spiro atoms. The van der Waals surface area contributed by atoms with Gasteiger partial charge >= 0.3 is 5.97 Å². The molecule has 21 N–H and O–H groups in total. The van der Waals surface area contributed by atoms with Crippen molar-refractivity contribution in [1.82, 2.24) is 53.2 Å². The second-order valence-electron chi connectivity index (χ2n) is 22.0. The molecule has 1 aromatic carbocycles. The normalized spacial score (nSPS) is 14.2. The first kappa shape index (κ1) is 77.5. The maximum Gasteiger partial charge on any atom is 0.303 e. The zero-order valence-corrected chi connectivity index (χ0v) is 51.0. The van der Waals surface area contributed by atoms with E-state index in [0.29, 0.717) is 12.0 Å². The lowest BCUT2D eigenvalue weighted by atomic mass is 9.99. The van der Waals surface area contributed by atoms with Crippen LogP contribution in [-0.2, 0) is 54.4 Å². The minimum Gasteiger partial charge on any atom is -0.481 e. The fourth-order valence-corrected chi connectivity index (χ4v) is 9.08. The van der Waals surface area contributed by atoms with E-state index in [4.69, 9.17) is 32.5 Å². The van der Waals surface area contributed by atoms with E-state index in [1.807, 2.05) is 0 Å². The lowest BCUT2D eigenvalue weighted by Crippen LogP contribution is -2.62. The maximum absolute atomic E-state index is 14.4. The number of rotatable bonds is 48. The van der Waals surface area contributed by atoms with Gasteiger partial charge in [-0.1, -0.05) is 115 Å². The molecule has 1 aromatic rings. The molecule has 0 heterocycles. The highest BCUT2D eigenvalue weighted by Crippen LogP contribution is 2.15. The molecule has 1 rings (SSSR count). The molecule has 29 nitrogen and oxygen atoms in total. The predicted molar refractivity (Wildman–Crippen MR) is 324 cm³/mol. The van der Waals surface area contributed by atoms with Gasteiger partial charge in [0.15, 0.2) is 17.7 Å². The van der Waals surface area contributed by atoms with Crippen molar-refractivity contribution in [3.05, 3.63) is 35.9 Å². The Hall–Kier alpha value is -7.50. The van der Waals surface area contributed by atoms with Crippen LogP contribution in [0, 0.1) is 16.7 Å². The largest absolute Gasteiger partial charge is 0.481 e. The van der Waals surface area contributed by atoms with Crippen LogP contribution in [0.3, 0.4) is 0 Å². The molecule has 0 aromatic heterocycles. The Bertz CT molecular complexity index is 2310. The van der Waals surface area contributed by atoms with Gasteiger partial charge in [0.05, 0.1) is 25.4 Å². The first-order valence-electron chi connectivity index (χ1n) is 30.2. The smallest absolute Gasteiger partial charge is 0.303 e. The number of hydrogen-bond donors (Lipinski definition) is 19. The number of Topliss-reactive ketones (excluding diaryl/α,β-unsaturated/α-hetero) is 1. The summed E-state index contributed by atoms with van der Waals surface area (Å²) in [6, 6.07) is -3.63. The first-order valence-corrected chi connectivity index (χ1v) is 30.2. The Morgan fingerprint density at radius 2 is 0.851 bits per heavy atom. The highest BCUT2D eigenvalue weighted by atomic mass is 16.4. The van der Waals surface area contributed by atoms with Gasteiger partial charge in [0, 0.05) is 39.0 Å². The van der Waals surface area contributed by atoms with Crippen LogP contribution < -0.4 is 64.6 Å². The third-order valence-electron chi connectivity index (χ3n) is 14.1. The summed E-state index contributed by atoms with van der Waals surface area (Å²) in [5.74, 6) is -10.6. The van der Waals surface area contributed by atoms with Crippen LogP contribution in [-0.4, -0.2) is 184 Å². The van der Waals surface area contributed by atoms with Crippen molar-refractivity contribution in [2.24, 2.45) is 17.4 Å². The van der Waals surface area contributed by atoms with Gasteiger partial charge in [-0.3, -0.25) is 58.8 Å². The number of carbonyl (C=O) groups is 10. The minimum atomic E-state index is -1.85. The summed E-state index contributed by atoms with van der Waals surface area (Å²) in [4.78, 5) is 134. The Kier molecular flexibility index (Phi) is 40.0. The fourth-order valence-electron chi connectivity index (χ4n) is 9.08. The quantitative estimate of drug-likeness (QED) is 0.0202. The lowest BCUT2D eigenvalue weighted by Gasteiger charge is -2.29. The van der Waals surface area contributed by atoms with E-state index in [1.165, 1.54) is 32.6 Å². The van der Waals surface area contributed by atoms with Crippen molar-refractivity contribution in [3.8, 4) is 0 Å². The van der Waals surface area contributed by atoms with E-state index in [0.717, 1.165) is 58.3 Å². The van der Waals surface area contributed by atoms with Gasteiger partial charge in [0.1, 0.15) is 42.3 Å². The van der Waals surface area contributed by atoms with Crippen LogP contribution >= 0.6 is 0 Å². The van der Waals surface area contributed by atoms with Crippen LogP contribution in [0.25, 0.3) is 0 Å². The van der Waals surface area contributed by atoms with Gasteiger partial charge in [0.2, 0.25) is 47.3 Å². The number of amides is 8. The number of aliphatic hydroxyl groups excluding tert-OH is 4. The van der Waals surface area contributed by atoms with Crippen LogP contribution in [0.4, 0.5) is 0 Å². The number of benzene rings is 1. The van der Waals surface area contributed by atoms with Crippen LogP contribution in [0.15, 0.2) is 30.3 Å². The van der Waals surface area contributed by atoms with Gasteiger partial charge in [-0.2, -0.15) is 0 Å². The second-order valence-corrected chi connectivity index (χ2v) is 22.0. The molecule has 8 amide bonds. The number of carboxylic acid groups (broad SMARTS) is 1. The number of hydrogen-bond acceptors (Lipinski definition) is 16. The minimum absolute atomic E-state index is 0.0271. The zero-order chi connectivity index (χ0) is 65.3. The van der Waals surface area contributed by atoms with Crippen LogP contribution in [0.5, 0.6) is 0 Å². The van der Waals surface area contributed by atoms with E-state index >= 15 is 0 Å². The Morgan fingerprint density at radius 1 is 0.460 bits per heavy atom. The Labute approximate surface area is 510 Å². The number of carboxylic acids is 1. The van der Waals surface area contributed by atoms with Crippen molar-refractivity contribution in [1.29, 1.82) is 10.8 Å². The number of guanidine groups is 2. The summed E-state index contributed by atoms with van der Waals surface area (Å²) in [6.45, 7) is 3.86. The van der Waals surface area contributed by atoms with Crippen molar-refractivity contribution in [2.45, 2.75) is 217 Å². The number of nitrogens with two attached hydrogens (primary N) is 2. The predicted octanol–water partition coefficient (Wildman–Crippen LogP) is -1.44. The number of carbonyl (C=O) groups excluding carboxylic acids is 9. The van der Waals surface area contributed by atoms with E-state index < -0.39 is 145 Å². The van der Waals surface area contributed by atoms with E-state index in [2.05, 4.69) is 53.2 Å². The van der Waals surface area contributed by atoms with Crippen molar-refractivity contribution >= 4 is 70.9 Å². The van der Waals surface area contributed by atoms with Crippen molar-refractivity contribution in [3.63, 3.8) is 0 Å². The van der Waals surface area contributed by atoms with Crippen molar-refractivity contribution < 1.29 is 73.5 Å². The topological polar surface area (TPSA) is 492 Å². The molecule has 0 saturated carbocycles. The molecule has 0 aliphatic rings. The first-order chi connectivity index (χ1) is 41.3. The molecule has 0 unspecified atom stereocenters. The number of unbranched alkanes of at least 4 members (excludes halogenated alkanes) is 12. The molecular formula is C58H100N14O15. The molecule has 0 fully saturated rings. The fraction of sp³-hybridized carbons (Fsp3) is 0.690. The van der Waals surface area contributed by atoms with Gasteiger partial charge in [-0.15, -0.1) is 0 Å². The summed E-state index contributed by atoms with van der Waals surface area (Å²) in [7, 11) is 0. The van der Waals surface area contributed by atoms with Gasteiger partial charge in [0.25, 0.3) is 0 Å². The highest BCUT2D eigenvalue weighted by molar-refractivity contribution is 5.98. The van der Waals surface area contributed by atoms with Gasteiger partial charge in [-0.25, -0.2) is 0 Å².